The molecule has 0 fully saturated rings. The minimum atomic E-state index is 0.791. The topological polar surface area (TPSA) is 45.0 Å². The van der Waals surface area contributed by atoms with Crippen LogP contribution in [0.25, 0.3) is 0 Å². The highest BCUT2D eigenvalue weighted by molar-refractivity contribution is 5.52. The van der Waals surface area contributed by atoms with Crippen LogP contribution < -0.4 is 10.1 Å². The Morgan fingerprint density at radius 3 is 3.00 bits per heavy atom. The van der Waals surface area contributed by atoms with Crippen molar-refractivity contribution >= 4 is 5.69 Å². The summed E-state index contributed by atoms with van der Waals surface area (Å²) in [7, 11) is 1.62. The smallest absolute Gasteiger partial charge is 0.120 e. The summed E-state index contributed by atoms with van der Waals surface area (Å²) < 4.78 is 5.07. The second kappa shape index (κ2) is 4.93. The van der Waals surface area contributed by atoms with Crippen LogP contribution in [-0.2, 0) is 0 Å². The molecule has 0 saturated heterocycles. The third-order valence-electron chi connectivity index (χ3n) is 1.69. The van der Waals surface area contributed by atoms with Crippen molar-refractivity contribution in [2.24, 2.45) is 0 Å². The lowest BCUT2D eigenvalue weighted by Crippen LogP contribution is -1.95. The normalized spacial score (nSPS) is 10.5. The first kappa shape index (κ1) is 10.1. The summed E-state index contributed by atoms with van der Waals surface area (Å²) >= 11 is 0. The van der Waals surface area contributed by atoms with Crippen molar-refractivity contribution in [3.63, 3.8) is 0 Å². The van der Waals surface area contributed by atoms with Crippen molar-refractivity contribution in [1.29, 1.82) is 5.26 Å². The zero-order valence-corrected chi connectivity index (χ0v) is 8.24. The number of nitriles is 1. The van der Waals surface area contributed by atoms with E-state index in [1.807, 2.05) is 37.3 Å². The summed E-state index contributed by atoms with van der Waals surface area (Å²) in [5, 5.41) is 11.5. The van der Waals surface area contributed by atoms with Gasteiger partial charge in [0.15, 0.2) is 0 Å². The van der Waals surface area contributed by atoms with E-state index < -0.39 is 0 Å². The number of nitrogens with one attached hydrogen (secondary N) is 1. The van der Waals surface area contributed by atoms with Crippen molar-refractivity contribution in [3.8, 4) is 11.8 Å². The van der Waals surface area contributed by atoms with Crippen LogP contribution in [0.2, 0.25) is 0 Å². The molecule has 0 radical (unpaired) electrons. The number of methoxy groups -OCH3 is 1. The number of hydrogen-bond donors (Lipinski definition) is 1. The monoisotopic (exact) mass is 188 g/mol. The lowest BCUT2D eigenvalue weighted by atomic mass is 10.3. The predicted octanol–water partition coefficient (Wildman–Crippen LogP) is 2.53. The molecule has 0 aliphatic heterocycles. The quantitative estimate of drug-likeness (QED) is 0.741. The molecule has 1 rings (SSSR count). The van der Waals surface area contributed by atoms with Gasteiger partial charge in [-0.25, -0.2) is 0 Å². The second-order valence-corrected chi connectivity index (χ2v) is 2.81. The van der Waals surface area contributed by atoms with Crippen LogP contribution in [-0.4, -0.2) is 7.11 Å². The highest BCUT2D eigenvalue weighted by atomic mass is 16.5. The van der Waals surface area contributed by atoms with E-state index in [4.69, 9.17) is 10.00 Å². The third-order valence-corrected chi connectivity index (χ3v) is 1.69. The van der Waals surface area contributed by atoms with Gasteiger partial charge in [-0.1, -0.05) is 6.07 Å². The molecule has 1 N–H and O–H groups in total. The summed E-state index contributed by atoms with van der Waals surface area (Å²) in [6.07, 6.45) is 1.46. The summed E-state index contributed by atoms with van der Waals surface area (Å²) in [6, 6.07) is 9.50. The number of rotatable bonds is 3. The molecule has 0 aliphatic carbocycles. The molecule has 0 bridgehead atoms. The van der Waals surface area contributed by atoms with Gasteiger partial charge in [0.2, 0.25) is 0 Å². The maximum absolute atomic E-state index is 8.42. The summed E-state index contributed by atoms with van der Waals surface area (Å²) in [6.45, 7) is 1.84. The summed E-state index contributed by atoms with van der Waals surface area (Å²) in [4.78, 5) is 0. The number of nitrogens with zero attached hydrogens (tertiary/aromatic N) is 1. The van der Waals surface area contributed by atoms with Gasteiger partial charge in [-0.05, 0) is 19.1 Å². The molecule has 0 unspecified atom stereocenters. The molecule has 72 valence electrons. The Bertz CT molecular complexity index is 377. The van der Waals surface area contributed by atoms with E-state index in [-0.39, 0.29) is 0 Å². The fourth-order valence-corrected chi connectivity index (χ4v) is 1.06. The van der Waals surface area contributed by atoms with E-state index in [1.165, 1.54) is 6.08 Å². The first-order valence-corrected chi connectivity index (χ1v) is 4.23. The molecule has 3 heteroatoms. The van der Waals surface area contributed by atoms with Crippen LogP contribution in [0.5, 0.6) is 5.75 Å². The van der Waals surface area contributed by atoms with Gasteiger partial charge in [0.25, 0.3) is 0 Å². The predicted molar refractivity (Wildman–Crippen MR) is 56.0 cm³/mol. The molecule has 0 saturated carbocycles. The zero-order chi connectivity index (χ0) is 10.4. The molecule has 1 aromatic carbocycles. The Labute approximate surface area is 83.6 Å². The minimum Gasteiger partial charge on any atom is -0.497 e. The molecule has 14 heavy (non-hydrogen) atoms. The van der Waals surface area contributed by atoms with Gasteiger partial charge in [-0.3, -0.25) is 0 Å². The van der Waals surface area contributed by atoms with Crippen LogP contribution in [0.1, 0.15) is 6.92 Å². The zero-order valence-electron chi connectivity index (χ0n) is 8.24. The number of anilines is 1. The average Bonchev–Trinajstić information content (AvgIpc) is 2.18. The largest absolute Gasteiger partial charge is 0.497 e. The fourth-order valence-electron chi connectivity index (χ4n) is 1.06. The van der Waals surface area contributed by atoms with Crippen molar-refractivity contribution in [1.82, 2.24) is 0 Å². The van der Waals surface area contributed by atoms with Crippen molar-refractivity contribution in [2.75, 3.05) is 12.4 Å². The van der Waals surface area contributed by atoms with Crippen molar-refractivity contribution in [2.45, 2.75) is 6.92 Å². The number of allylic oxidation sites excluding steroid dienone is 2. The Kier molecular flexibility index (Phi) is 3.57. The SMILES string of the molecule is COc1cccc(N/C(C)=C/C#N)c1. The van der Waals surface area contributed by atoms with Gasteiger partial charge in [0.1, 0.15) is 5.75 Å². The lowest BCUT2D eigenvalue weighted by molar-refractivity contribution is 0.415. The van der Waals surface area contributed by atoms with Crippen LogP contribution >= 0.6 is 0 Å². The van der Waals surface area contributed by atoms with Crippen molar-refractivity contribution < 1.29 is 4.74 Å². The van der Waals surface area contributed by atoms with Crippen LogP contribution in [0.4, 0.5) is 5.69 Å². The second-order valence-electron chi connectivity index (χ2n) is 2.81. The molecular formula is C11H12N2O. The minimum absolute atomic E-state index is 0.791. The van der Waals surface area contributed by atoms with Gasteiger partial charge in [-0.15, -0.1) is 0 Å². The fraction of sp³-hybridized carbons (Fsp3) is 0.182. The van der Waals surface area contributed by atoms with Crippen LogP contribution in [0.15, 0.2) is 36.0 Å². The van der Waals surface area contributed by atoms with Crippen LogP contribution in [0, 0.1) is 11.3 Å². The average molecular weight is 188 g/mol. The molecule has 0 aliphatic rings. The lowest BCUT2D eigenvalue weighted by Gasteiger charge is -2.06. The maximum atomic E-state index is 8.42. The maximum Gasteiger partial charge on any atom is 0.120 e. The molecule has 0 atom stereocenters. The first-order valence-electron chi connectivity index (χ1n) is 4.23. The molecule has 0 amide bonds. The van der Waals surface area contributed by atoms with Crippen LogP contribution in [0.3, 0.4) is 0 Å². The third kappa shape index (κ3) is 2.83. The van der Waals surface area contributed by atoms with E-state index in [0.29, 0.717) is 0 Å². The van der Waals surface area contributed by atoms with Gasteiger partial charge < -0.3 is 10.1 Å². The Morgan fingerprint density at radius 1 is 1.57 bits per heavy atom. The molecule has 1 aromatic rings. The summed E-state index contributed by atoms with van der Waals surface area (Å²) in [5.41, 5.74) is 1.72. The van der Waals surface area contributed by atoms with E-state index >= 15 is 0 Å². The van der Waals surface area contributed by atoms with E-state index in [1.54, 1.807) is 7.11 Å². The Balaban J connectivity index is 2.78. The summed E-state index contributed by atoms with van der Waals surface area (Å²) in [5.74, 6) is 0.791. The van der Waals surface area contributed by atoms with E-state index in [9.17, 15) is 0 Å². The van der Waals surface area contributed by atoms with E-state index in [2.05, 4.69) is 5.32 Å². The molecule has 0 aromatic heterocycles. The Hall–Kier alpha value is -1.95. The Morgan fingerprint density at radius 2 is 2.36 bits per heavy atom. The molecule has 0 spiro atoms. The van der Waals surface area contributed by atoms with Gasteiger partial charge in [-0.2, -0.15) is 5.26 Å². The molecule has 0 heterocycles. The first-order chi connectivity index (χ1) is 6.76. The van der Waals surface area contributed by atoms with Crippen molar-refractivity contribution in [3.05, 3.63) is 36.0 Å². The standard InChI is InChI=1S/C11H12N2O/c1-9(6-7-12)13-10-4-3-5-11(8-10)14-2/h3-6,8,13H,1-2H3/b9-6+. The van der Waals surface area contributed by atoms with Gasteiger partial charge in [0, 0.05) is 23.5 Å². The van der Waals surface area contributed by atoms with E-state index in [0.717, 1.165) is 17.1 Å². The number of ether oxygens (including phenoxy) is 1. The van der Waals surface area contributed by atoms with Gasteiger partial charge in [0.05, 0.1) is 13.2 Å². The molecule has 3 nitrogen and oxygen atoms in total. The number of benzene rings is 1. The van der Waals surface area contributed by atoms with Gasteiger partial charge >= 0.3 is 0 Å². The highest BCUT2D eigenvalue weighted by Crippen LogP contribution is 2.17. The highest BCUT2D eigenvalue weighted by Gasteiger charge is 1.94. The molecular weight excluding hydrogens is 176 g/mol. The number of hydrogen-bond acceptors (Lipinski definition) is 3.